The molecule has 3 atom stereocenters. The first kappa shape index (κ1) is 14.3. The van der Waals surface area contributed by atoms with E-state index in [0.717, 1.165) is 12.8 Å². The Morgan fingerprint density at radius 3 is 2.53 bits per heavy atom. The maximum absolute atomic E-state index is 13.9. The third kappa shape index (κ3) is 3.45. The molecule has 3 nitrogen and oxygen atoms in total. The average Bonchev–Trinajstić information content (AvgIpc) is 2.30. The van der Waals surface area contributed by atoms with E-state index in [-0.39, 0.29) is 30.2 Å². The predicted molar refractivity (Wildman–Crippen MR) is 72.7 cm³/mol. The van der Waals surface area contributed by atoms with Gasteiger partial charge in [0.15, 0.2) is 11.6 Å². The van der Waals surface area contributed by atoms with E-state index in [0.29, 0.717) is 11.3 Å². The summed E-state index contributed by atoms with van der Waals surface area (Å²) >= 11 is 0. The van der Waals surface area contributed by atoms with E-state index < -0.39 is 0 Å². The number of benzene rings is 1. The van der Waals surface area contributed by atoms with Crippen LogP contribution in [0.15, 0.2) is 18.2 Å². The normalized spacial score (nSPS) is 29.0. The van der Waals surface area contributed by atoms with Crippen LogP contribution >= 0.6 is 0 Å². The summed E-state index contributed by atoms with van der Waals surface area (Å²) < 4.78 is 25.5. The largest absolute Gasteiger partial charge is 0.487 e. The lowest BCUT2D eigenvalue weighted by Gasteiger charge is -2.33. The Labute approximate surface area is 113 Å². The highest BCUT2D eigenvalue weighted by atomic mass is 19.1. The summed E-state index contributed by atoms with van der Waals surface area (Å²) in [4.78, 5) is 0. The van der Waals surface area contributed by atoms with Crippen LogP contribution in [0.5, 0.6) is 5.75 Å². The van der Waals surface area contributed by atoms with E-state index >= 15 is 0 Å². The summed E-state index contributed by atoms with van der Waals surface area (Å²) in [5, 5.41) is 0. The summed E-state index contributed by atoms with van der Waals surface area (Å²) in [6, 6.07) is 4.64. The fourth-order valence-corrected chi connectivity index (χ4v) is 2.62. The molecule has 0 spiro atoms. The molecule has 0 saturated carbocycles. The van der Waals surface area contributed by atoms with Crippen LogP contribution in [-0.2, 0) is 4.74 Å². The number of nitrogens with two attached hydrogens (primary N) is 1. The van der Waals surface area contributed by atoms with Gasteiger partial charge in [0.1, 0.15) is 6.10 Å². The maximum atomic E-state index is 13.9. The minimum atomic E-state index is -0.346. The van der Waals surface area contributed by atoms with Crippen LogP contribution in [0.4, 0.5) is 4.39 Å². The van der Waals surface area contributed by atoms with E-state index in [1.165, 1.54) is 6.07 Å². The van der Waals surface area contributed by atoms with Gasteiger partial charge in [-0.25, -0.2) is 4.39 Å². The van der Waals surface area contributed by atoms with Gasteiger partial charge in [-0.3, -0.25) is 0 Å². The lowest BCUT2D eigenvalue weighted by Crippen LogP contribution is -2.36. The van der Waals surface area contributed by atoms with Crippen LogP contribution in [0.3, 0.4) is 0 Å². The summed E-state index contributed by atoms with van der Waals surface area (Å²) in [7, 11) is 0. The molecule has 4 heteroatoms. The summed E-state index contributed by atoms with van der Waals surface area (Å²) in [6.45, 7) is 5.86. The summed E-state index contributed by atoms with van der Waals surface area (Å²) in [5.41, 5.74) is 6.59. The highest BCUT2D eigenvalue weighted by Gasteiger charge is 2.27. The van der Waals surface area contributed by atoms with Crippen molar-refractivity contribution in [1.29, 1.82) is 0 Å². The molecule has 0 bridgehead atoms. The molecule has 1 heterocycles. The third-order valence-electron chi connectivity index (χ3n) is 3.43. The first-order valence-electron chi connectivity index (χ1n) is 6.83. The lowest BCUT2D eigenvalue weighted by molar-refractivity contribution is -0.0729. The van der Waals surface area contributed by atoms with Gasteiger partial charge >= 0.3 is 0 Å². The van der Waals surface area contributed by atoms with Crippen LogP contribution in [0.1, 0.15) is 45.2 Å². The van der Waals surface area contributed by atoms with Crippen molar-refractivity contribution in [3.63, 3.8) is 0 Å². The number of rotatable bonds is 3. The zero-order chi connectivity index (χ0) is 14.0. The van der Waals surface area contributed by atoms with Crippen LogP contribution in [0, 0.1) is 5.82 Å². The van der Waals surface area contributed by atoms with Gasteiger partial charge in [-0.2, -0.15) is 0 Å². The van der Waals surface area contributed by atoms with Gasteiger partial charge in [-0.15, -0.1) is 0 Å². The van der Waals surface area contributed by atoms with E-state index in [1.807, 2.05) is 26.8 Å². The first-order chi connectivity index (χ1) is 8.97. The third-order valence-corrected chi connectivity index (χ3v) is 3.43. The second-order valence-corrected chi connectivity index (χ2v) is 5.42. The number of hydrogen-bond donors (Lipinski definition) is 1. The minimum Gasteiger partial charge on any atom is -0.487 e. The molecule has 2 rings (SSSR count). The van der Waals surface area contributed by atoms with Crippen LogP contribution in [0.25, 0.3) is 0 Å². The lowest BCUT2D eigenvalue weighted by atomic mass is 10.0. The molecule has 2 N–H and O–H groups in total. The fourth-order valence-electron chi connectivity index (χ4n) is 2.62. The zero-order valence-corrected chi connectivity index (χ0v) is 11.7. The van der Waals surface area contributed by atoms with Crippen molar-refractivity contribution < 1.29 is 13.9 Å². The van der Waals surface area contributed by atoms with E-state index in [4.69, 9.17) is 15.2 Å². The highest BCUT2D eigenvalue weighted by Crippen LogP contribution is 2.31. The molecule has 19 heavy (non-hydrogen) atoms. The van der Waals surface area contributed by atoms with Crippen LogP contribution < -0.4 is 10.5 Å². The Kier molecular flexibility index (Phi) is 4.42. The second kappa shape index (κ2) is 5.88. The van der Waals surface area contributed by atoms with Crippen LogP contribution in [-0.4, -0.2) is 18.3 Å². The number of hydrogen-bond acceptors (Lipinski definition) is 3. The molecule has 2 unspecified atom stereocenters. The van der Waals surface area contributed by atoms with Gasteiger partial charge in [0.2, 0.25) is 0 Å². The summed E-state index contributed by atoms with van der Waals surface area (Å²) in [5.74, 6) is -0.0506. The number of halogens is 1. The Hall–Kier alpha value is -1.13. The summed E-state index contributed by atoms with van der Waals surface area (Å²) in [6.07, 6.45) is 1.81. The van der Waals surface area contributed by atoms with E-state index in [9.17, 15) is 4.39 Å². The highest BCUT2D eigenvalue weighted by molar-refractivity contribution is 5.37. The molecular weight excluding hydrogens is 245 g/mol. The van der Waals surface area contributed by atoms with Crippen molar-refractivity contribution in [2.75, 3.05) is 0 Å². The predicted octanol–water partition coefficient (Wildman–Crippen LogP) is 3.18. The Morgan fingerprint density at radius 2 is 1.95 bits per heavy atom. The van der Waals surface area contributed by atoms with Gasteiger partial charge < -0.3 is 15.2 Å². The smallest absolute Gasteiger partial charge is 0.165 e. The fraction of sp³-hybridized carbons (Fsp3) is 0.600. The van der Waals surface area contributed by atoms with Gasteiger partial charge in [-0.05, 0) is 26.8 Å². The van der Waals surface area contributed by atoms with Crippen molar-refractivity contribution in [1.82, 2.24) is 0 Å². The molecule has 0 aliphatic carbocycles. The molecule has 106 valence electrons. The number of ether oxygens (including phenoxy) is 2. The molecule has 0 aromatic heterocycles. The molecule has 1 aliphatic rings. The molecule has 1 aliphatic heterocycles. The Morgan fingerprint density at radius 1 is 1.32 bits per heavy atom. The Balaban J connectivity index is 2.18. The molecule has 0 radical (unpaired) electrons. The van der Waals surface area contributed by atoms with Crippen molar-refractivity contribution in [2.24, 2.45) is 5.73 Å². The van der Waals surface area contributed by atoms with Gasteiger partial charge in [0.05, 0.1) is 12.2 Å². The van der Waals surface area contributed by atoms with Gasteiger partial charge in [0.25, 0.3) is 0 Å². The molecule has 0 amide bonds. The molecular formula is C15H22FNO2. The molecule has 1 aromatic rings. The van der Waals surface area contributed by atoms with Crippen molar-refractivity contribution >= 4 is 0 Å². The minimum absolute atomic E-state index is 0.0202. The van der Waals surface area contributed by atoms with Gasteiger partial charge in [-0.1, -0.05) is 12.1 Å². The Bertz CT molecular complexity index is 426. The van der Waals surface area contributed by atoms with Crippen molar-refractivity contribution in [3.8, 4) is 5.75 Å². The van der Waals surface area contributed by atoms with Gasteiger partial charge in [0, 0.05) is 24.4 Å². The van der Waals surface area contributed by atoms with E-state index in [2.05, 4.69) is 0 Å². The standard InChI is InChI=1S/C15H22FNO2/c1-9-7-12(8-10(2)18-9)19-15-13(11(3)17)5-4-6-14(15)16/h4-6,9-12H,7-8,17H2,1-3H3/t9?,10?,11-,12?/m0/s1. The second-order valence-electron chi connectivity index (χ2n) is 5.42. The van der Waals surface area contributed by atoms with E-state index in [1.54, 1.807) is 6.07 Å². The maximum Gasteiger partial charge on any atom is 0.165 e. The van der Waals surface area contributed by atoms with Crippen molar-refractivity contribution in [2.45, 2.75) is 58.0 Å². The van der Waals surface area contributed by atoms with Crippen molar-refractivity contribution in [3.05, 3.63) is 29.6 Å². The number of para-hydroxylation sites is 1. The monoisotopic (exact) mass is 267 g/mol. The first-order valence-corrected chi connectivity index (χ1v) is 6.83. The SMILES string of the molecule is CC1CC(Oc2c(F)cccc2[C@H](C)N)CC(C)O1. The zero-order valence-electron chi connectivity index (χ0n) is 11.7. The quantitative estimate of drug-likeness (QED) is 0.914. The van der Waals surface area contributed by atoms with Crippen LogP contribution in [0.2, 0.25) is 0 Å². The molecule has 1 fully saturated rings. The average molecular weight is 267 g/mol. The molecule has 1 saturated heterocycles. The topological polar surface area (TPSA) is 44.5 Å². The molecule has 1 aromatic carbocycles.